The molecule has 1 aromatic rings. The molecule has 1 aromatic heterocycles. The van der Waals surface area contributed by atoms with Gasteiger partial charge >= 0.3 is 0 Å². The van der Waals surface area contributed by atoms with Gasteiger partial charge in [0.25, 0.3) is 5.97 Å². The fourth-order valence-corrected chi connectivity index (χ4v) is 0.492. The van der Waals surface area contributed by atoms with E-state index in [9.17, 15) is 0 Å². The van der Waals surface area contributed by atoms with Crippen LogP contribution in [0.15, 0.2) is 21.6 Å². The van der Waals surface area contributed by atoms with E-state index in [0.29, 0.717) is 0 Å². The topological polar surface area (TPSA) is 50.4 Å². The minimum atomic E-state index is -0.833. The molecule has 0 amide bonds. The van der Waals surface area contributed by atoms with Crippen molar-refractivity contribution in [1.82, 2.24) is 0 Å². The Kier molecular flexibility index (Phi) is 4.45. The maximum Gasteiger partial charge on any atom is 0.300 e. The lowest BCUT2D eigenvalue weighted by Crippen LogP contribution is -1.78. The van der Waals surface area contributed by atoms with Gasteiger partial charge in [0.1, 0.15) is 5.76 Å². The van der Waals surface area contributed by atoms with Crippen molar-refractivity contribution in [3.8, 4) is 0 Å². The Morgan fingerprint density at radius 1 is 1.73 bits per heavy atom. The van der Waals surface area contributed by atoms with Crippen LogP contribution >= 0.6 is 12.6 Å². The van der Waals surface area contributed by atoms with Crippen molar-refractivity contribution in [3.05, 3.63) is 18.1 Å². The molecule has 0 spiro atoms. The smallest absolute Gasteiger partial charge is 0.300 e. The zero-order chi connectivity index (χ0) is 8.85. The number of hydrogen-bond donors (Lipinski definition) is 2. The number of aliphatic carboxylic acids is 1. The number of aryl methyl sites for hydroxylation is 1. The molecule has 0 radical (unpaired) electrons. The van der Waals surface area contributed by atoms with Gasteiger partial charge < -0.3 is 9.52 Å². The van der Waals surface area contributed by atoms with Gasteiger partial charge in [0.05, 0.1) is 6.26 Å². The molecular formula is C7H10O3S. The van der Waals surface area contributed by atoms with Crippen LogP contribution in [0.1, 0.15) is 12.7 Å². The molecule has 0 saturated heterocycles. The highest BCUT2D eigenvalue weighted by molar-refractivity contribution is 7.80. The molecule has 1 N–H and O–H groups in total. The van der Waals surface area contributed by atoms with Crippen LogP contribution in [0.25, 0.3) is 0 Å². The summed E-state index contributed by atoms with van der Waals surface area (Å²) in [6.45, 7) is 2.96. The zero-order valence-electron chi connectivity index (χ0n) is 6.37. The third-order valence-electron chi connectivity index (χ3n) is 0.831. The maximum atomic E-state index is 9.00. The second kappa shape index (κ2) is 4.85. The van der Waals surface area contributed by atoms with Crippen molar-refractivity contribution in [2.75, 3.05) is 0 Å². The summed E-state index contributed by atoms with van der Waals surface area (Å²) >= 11 is 4.06. The number of hydrogen-bond acceptors (Lipinski definition) is 3. The number of carboxylic acid groups (broad SMARTS) is 1. The normalized spacial score (nSPS) is 8.27. The molecule has 1 rings (SSSR count). The lowest BCUT2D eigenvalue weighted by Gasteiger charge is -1.78. The zero-order valence-corrected chi connectivity index (χ0v) is 7.26. The highest BCUT2D eigenvalue weighted by atomic mass is 32.1. The van der Waals surface area contributed by atoms with Crippen molar-refractivity contribution in [1.29, 1.82) is 0 Å². The highest BCUT2D eigenvalue weighted by Gasteiger charge is 1.90. The Balaban J connectivity index is 0.000000218. The predicted octanol–water partition coefficient (Wildman–Crippen LogP) is 1.97. The fourth-order valence-electron chi connectivity index (χ4n) is 0.378. The van der Waals surface area contributed by atoms with Crippen molar-refractivity contribution in [2.45, 2.75) is 18.7 Å². The summed E-state index contributed by atoms with van der Waals surface area (Å²) in [5.74, 6) is 0.0448. The molecule has 0 aliphatic carbocycles. The van der Waals surface area contributed by atoms with E-state index in [0.717, 1.165) is 17.6 Å². The van der Waals surface area contributed by atoms with Crippen LogP contribution in [0.4, 0.5) is 0 Å². The Labute approximate surface area is 70.4 Å². The molecule has 0 saturated carbocycles. The molecule has 4 heteroatoms. The molecule has 0 aliphatic heterocycles. The van der Waals surface area contributed by atoms with Crippen LogP contribution in [0, 0.1) is 6.92 Å². The summed E-state index contributed by atoms with van der Waals surface area (Å²) in [4.78, 5) is 9.92. The van der Waals surface area contributed by atoms with E-state index in [4.69, 9.17) is 14.3 Å². The summed E-state index contributed by atoms with van der Waals surface area (Å²) in [5.41, 5.74) is 0. The van der Waals surface area contributed by atoms with Crippen LogP contribution in [0.3, 0.4) is 0 Å². The first-order valence-corrected chi connectivity index (χ1v) is 3.41. The Hall–Kier alpha value is -0.900. The van der Waals surface area contributed by atoms with E-state index in [1.54, 1.807) is 6.26 Å². The van der Waals surface area contributed by atoms with E-state index in [-0.39, 0.29) is 0 Å². The number of rotatable bonds is 0. The van der Waals surface area contributed by atoms with Gasteiger partial charge in [-0.05, 0) is 13.0 Å². The Morgan fingerprint density at radius 2 is 2.18 bits per heavy atom. The molecule has 3 nitrogen and oxygen atoms in total. The second-order valence-corrected chi connectivity index (χ2v) is 2.36. The van der Waals surface area contributed by atoms with Crippen molar-refractivity contribution in [2.24, 2.45) is 0 Å². The van der Waals surface area contributed by atoms with Crippen LogP contribution in [-0.2, 0) is 4.79 Å². The minimum Gasteiger partial charge on any atom is -0.481 e. The number of thiol groups is 1. The first-order chi connectivity index (χ1) is 5.04. The van der Waals surface area contributed by atoms with Crippen molar-refractivity contribution in [3.63, 3.8) is 0 Å². The molecule has 0 bridgehead atoms. The number of carbonyl (C=O) groups is 1. The molecular weight excluding hydrogens is 164 g/mol. The van der Waals surface area contributed by atoms with Gasteiger partial charge in [0.15, 0.2) is 0 Å². The summed E-state index contributed by atoms with van der Waals surface area (Å²) in [7, 11) is 0. The van der Waals surface area contributed by atoms with Gasteiger partial charge in [0.2, 0.25) is 0 Å². The molecule has 0 unspecified atom stereocenters. The lowest BCUT2D eigenvalue weighted by molar-refractivity contribution is -0.134. The van der Waals surface area contributed by atoms with E-state index in [2.05, 4.69) is 12.6 Å². The predicted molar refractivity (Wildman–Crippen MR) is 44.0 cm³/mol. The molecule has 0 atom stereocenters. The number of furan rings is 1. The molecule has 1 heterocycles. The van der Waals surface area contributed by atoms with E-state index >= 15 is 0 Å². The summed E-state index contributed by atoms with van der Waals surface area (Å²) in [6.07, 6.45) is 1.62. The minimum absolute atomic E-state index is 0.833. The van der Waals surface area contributed by atoms with Gasteiger partial charge in [-0.25, -0.2) is 0 Å². The van der Waals surface area contributed by atoms with E-state index < -0.39 is 5.97 Å². The molecule has 0 aliphatic rings. The third-order valence-corrected chi connectivity index (χ3v) is 1.30. The Bertz CT molecular complexity index is 209. The summed E-state index contributed by atoms with van der Waals surface area (Å²) in [6, 6.07) is 1.82. The van der Waals surface area contributed by atoms with E-state index in [1.165, 1.54) is 0 Å². The average Bonchev–Trinajstić information content (AvgIpc) is 2.15. The summed E-state index contributed by atoms with van der Waals surface area (Å²) < 4.78 is 4.89. The quantitative estimate of drug-likeness (QED) is 0.591. The molecule has 0 fully saturated rings. The van der Waals surface area contributed by atoms with Crippen molar-refractivity contribution >= 4 is 18.6 Å². The number of carboxylic acids is 1. The monoisotopic (exact) mass is 174 g/mol. The molecule has 0 aromatic carbocycles. The first kappa shape index (κ1) is 10.1. The maximum absolute atomic E-state index is 9.00. The van der Waals surface area contributed by atoms with Gasteiger partial charge in [-0.2, -0.15) is 0 Å². The third kappa shape index (κ3) is 5.54. The second-order valence-electron chi connectivity index (χ2n) is 1.88. The lowest BCUT2D eigenvalue weighted by atomic mass is 10.5. The van der Waals surface area contributed by atoms with Gasteiger partial charge in [-0.1, -0.05) is 0 Å². The Morgan fingerprint density at radius 3 is 2.27 bits per heavy atom. The van der Waals surface area contributed by atoms with Gasteiger partial charge in [0, 0.05) is 11.8 Å². The summed E-state index contributed by atoms with van der Waals surface area (Å²) in [5, 5.41) is 7.42. The largest absolute Gasteiger partial charge is 0.481 e. The SMILES string of the molecule is CC(=O)O.Cc1occc1S. The van der Waals surface area contributed by atoms with E-state index in [1.807, 2.05) is 13.0 Å². The van der Waals surface area contributed by atoms with Crippen LogP contribution in [0.5, 0.6) is 0 Å². The van der Waals surface area contributed by atoms with Crippen LogP contribution in [-0.4, -0.2) is 11.1 Å². The van der Waals surface area contributed by atoms with Gasteiger partial charge in [-0.3, -0.25) is 4.79 Å². The average molecular weight is 174 g/mol. The highest BCUT2D eigenvalue weighted by Crippen LogP contribution is 2.11. The van der Waals surface area contributed by atoms with Crippen molar-refractivity contribution < 1.29 is 14.3 Å². The van der Waals surface area contributed by atoms with Gasteiger partial charge in [-0.15, -0.1) is 12.6 Å². The molecule has 62 valence electrons. The fraction of sp³-hybridized carbons (Fsp3) is 0.286. The first-order valence-electron chi connectivity index (χ1n) is 2.96. The standard InChI is InChI=1S/C5H6OS.C2H4O2/c1-4-5(7)2-3-6-4;1-2(3)4/h2-3,7H,1H3;1H3,(H,3,4). The van der Waals surface area contributed by atoms with Crippen LogP contribution < -0.4 is 0 Å². The molecule has 11 heavy (non-hydrogen) atoms. The van der Waals surface area contributed by atoms with Crippen LogP contribution in [0.2, 0.25) is 0 Å².